The first kappa shape index (κ1) is 22.6. The smallest absolute Gasteiger partial charge is 0.339 e. The van der Waals surface area contributed by atoms with E-state index >= 15 is 0 Å². The number of rotatable bonds is 9. The number of benzene rings is 1. The second kappa shape index (κ2) is 9.50. The Balaban J connectivity index is 3.40. The molecule has 0 amide bonds. The van der Waals surface area contributed by atoms with E-state index in [9.17, 15) is 4.79 Å². The standard InChI is InChI=1S/C19H33NO4Si2/c1-9-22-19(21)17(15(2)23-25(3,4)5)18(20-24-26(6,7)8)16-13-11-10-12-14-16/h10-14,18,20H,9H2,1-8H3/b17-15-. The topological polar surface area (TPSA) is 56.8 Å². The number of carbonyl (C=O) groups excluding carboxylic acids is 1. The van der Waals surface area contributed by atoms with E-state index in [0.717, 1.165) is 5.56 Å². The average Bonchev–Trinajstić information content (AvgIpc) is 2.49. The summed E-state index contributed by atoms with van der Waals surface area (Å²) in [6.45, 7) is 16.4. The first-order valence-corrected chi connectivity index (χ1v) is 15.8. The van der Waals surface area contributed by atoms with Crippen molar-refractivity contribution in [3.05, 3.63) is 47.2 Å². The van der Waals surface area contributed by atoms with Crippen molar-refractivity contribution in [3.63, 3.8) is 0 Å². The van der Waals surface area contributed by atoms with Crippen molar-refractivity contribution >= 4 is 22.6 Å². The van der Waals surface area contributed by atoms with Gasteiger partial charge in [-0.25, -0.2) is 10.3 Å². The Kier molecular flexibility index (Phi) is 8.27. The summed E-state index contributed by atoms with van der Waals surface area (Å²) in [5.74, 6) is 0.201. The largest absolute Gasteiger partial charge is 0.547 e. The molecule has 7 heteroatoms. The second-order valence-electron chi connectivity index (χ2n) is 8.08. The monoisotopic (exact) mass is 395 g/mol. The summed E-state index contributed by atoms with van der Waals surface area (Å²) < 4.78 is 17.4. The minimum atomic E-state index is -1.88. The van der Waals surface area contributed by atoms with Gasteiger partial charge in [0, 0.05) is 0 Å². The molecular weight excluding hydrogens is 362 g/mol. The molecule has 0 spiro atoms. The zero-order chi connectivity index (χ0) is 20.0. The van der Waals surface area contributed by atoms with Crippen molar-refractivity contribution in [2.45, 2.75) is 59.2 Å². The molecule has 0 aromatic heterocycles. The summed E-state index contributed by atoms with van der Waals surface area (Å²) in [7, 11) is -3.74. The highest BCUT2D eigenvalue weighted by atomic mass is 28.4. The summed E-state index contributed by atoms with van der Waals surface area (Å²) in [5.41, 5.74) is 4.50. The third-order valence-electron chi connectivity index (χ3n) is 3.24. The molecular formula is C19H33NO4Si2. The van der Waals surface area contributed by atoms with Crippen LogP contribution in [0.25, 0.3) is 0 Å². The highest BCUT2D eigenvalue weighted by Gasteiger charge is 2.31. The van der Waals surface area contributed by atoms with Crippen LogP contribution < -0.4 is 5.48 Å². The number of nitrogens with one attached hydrogen (secondary N) is 1. The van der Waals surface area contributed by atoms with E-state index in [1.54, 1.807) is 6.92 Å². The van der Waals surface area contributed by atoms with Crippen molar-refractivity contribution in [1.29, 1.82) is 0 Å². The molecule has 26 heavy (non-hydrogen) atoms. The van der Waals surface area contributed by atoms with Crippen LogP contribution in [0.1, 0.15) is 25.5 Å². The van der Waals surface area contributed by atoms with E-state index in [1.165, 1.54) is 0 Å². The fourth-order valence-corrected chi connectivity index (χ4v) is 3.86. The molecule has 0 radical (unpaired) electrons. The Bertz CT molecular complexity index is 619. The van der Waals surface area contributed by atoms with Crippen molar-refractivity contribution in [2.75, 3.05) is 6.61 Å². The lowest BCUT2D eigenvalue weighted by atomic mass is 9.98. The van der Waals surface area contributed by atoms with Crippen LogP contribution in [-0.2, 0) is 18.5 Å². The van der Waals surface area contributed by atoms with Crippen molar-refractivity contribution < 1.29 is 18.5 Å². The van der Waals surface area contributed by atoms with E-state index < -0.39 is 22.7 Å². The molecule has 0 saturated heterocycles. The molecule has 0 heterocycles. The minimum Gasteiger partial charge on any atom is -0.547 e. The Hall–Kier alpha value is -1.42. The maximum absolute atomic E-state index is 12.8. The quantitative estimate of drug-likeness (QED) is 0.214. The predicted octanol–water partition coefficient (Wildman–Crippen LogP) is 4.77. The minimum absolute atomic E-state index is 0.305. The van der Waals surface area contributed by atoms with Gasteiger partial charge in [0.2, 0.25) is 16.6 Å². The maximum Gasteiger partial charge on any atom is 0.339 e. The summed E-state index contributed by atoms with van der Waals surface area (Å²) in [4.78, 5) is 12.8. The summed E-state index contributed by atoms with van der Waals surface area (Å²) in [5, 5.41) is 0. The molecule has 146 valence electrons. The van der Waals surface area contributed by atoms with Gasteiger partial charge in [-0.15, -0.1) is 0 Å². The normalized spacial score (nSPS) is 14.5. The van der Waals surface area contributed by atoms with E-state index in [2.05, 4.69) is 44.8 Å². The lowest BCUT2D eigenvalue weighted by molar-refractivity contribution is -0.139. The molecule has 0 aliphatic rings. The summed E-state index contributed by atoms with van der Waals surface area (Å²) in [6.07, 6.45) is 0. The SMILES string of the molecule is CCOC(=O)/C(=C(/C)O[Si](C)(C)C)C(NO[Si](C)(C)C)c1ccccc1. The van der Waals surface area contributed by atoms with Crippen LogP contribution >= 0.6 is 0 Å². The van der Waals surface area contributed by atoms with Gasteiger partial charge in [0.1, 0.15) is 0 Å². The van der Waals surface area contributed by atoms with Crippen LogP contribution in [0.4, 0.5) is 0 Å². The van der Waals surface area contributed by atoms with E-state index in [1.807, 2.05) is 37.3 Å². The van der Waals surface area contributed by atoms with E-state index in [0.29, 0.717) is 17.9 Å². The van der Waals surface area contributed by atoms with Gasteiger partial charge in [-0.2, -0.15) is 0 Å². The third kappa shape index (κ3) is 7.86. The lowest BCUT2D eigenvalue weighted by Crippen LogP contribution is -2.38. The number of carbonyl (C=O) groups is 1. The van der Waals surface area contributed by atoms with Crippen LogP contribution in [-0.4, -0.2) is 29.2 Å². The zero-order valence-corrected chi connectivity index (χ0v) is 19.3. The Labute approximate surface area is 160 Å². The molecule has 1 aromatic rings. The van der Waals surface area contributed by atoms with Gasteiger partial charge in [0.25, 0.3) is 0 Å². The van der Waals surface area contributed by atoms with Crippen LogP contribution in [0, 0.1) is 0 Å². The summed E-state index contributed by atoms with van der Waals surface area (Å²) in [6, 6.07) is 9.29. The van der Waals surface area contributed by atoms with E-state index in [-0.39, 0.29) is 5.97 Å². The summed E-state index contributed by atoms with van der Waals surface area (Å²) >= 11 is 0. The Morgan fingerprint density at radius 1 is 1.04 bits per heavy atom. The van der Waals surface area contributed by atoms with Gasteiger partial charge in [-0.1, -0.05) is 30.3 Å². The number of hydrogen-bond acceptors (Lipinski definition) is 5. The second-order valence-corrected chi connectivity index (χ2v) is 16.9. The molecule has 5 nitrogen and oxygen atoms in total. The molecule has 1 rings (SSSR count). The van der Waals surface area contributed by atoms with Crippen LogP contribution in [0.3, 0.4) is 0 Å². The number of hydrogen-bond donors (Lipinski definition) is 1. The number of ether oxygens (including phenoxy) is 1. The molecule has 0 bridgehead atoms. The molecule has 1 N–H and O–H groups in total. The highest BCUT2D eigenvalue weighted by molar-refractivity contribution is 6.70. The number of allylic oxidation sites excluding steroid dienone is 1. The molecule has 0 saturated carbocycles. The highest BCUT2D eigenvalue weighted by Crippen LogP contribution is 2.28. The van der Waals surface area contributed by atoms with Gasteiger partial charge in [0.15, 0.2) is 0 Å². The average molecular weight is 396 g/mol. The predicted molar refractivity (Wildman–Crippen MR) is 111 cm³/mol. The van der Waals surface area contributed by atoms with Crippen LogP contribution in [0.2, 0.25) is 39.3 Å². The fraction of sp³-hybridized carbons (Fsp3) is 0.526. The van der Waals surface area contributed by atoms with Crippen LogP contribution in [0.15, 0.2) is 41.7 Å². The molecule has 0 fully saturated rings. The van der Waals surface area contributed by atoms with Crippen molar-refractivity contribution in [2.24, 2.45) is 0 Å². The van der Waals surface area contributed by atoms with Crippen molar-refractivity contribution in [1.82, 2.24) is 5.48 Å². The zero-order valence-electron chi connectivity index (χ0n) is 17.3. The van der Waals surface area contributed by atoms with Gasteiger partial charge in [0.05, 0.1) is 24.0 Å². The van der Waals surface area contributed by atoms with Crippen LogP contribution in [0.5, 0.6) is 0 Å². The van der Waals surface area contributed by atoms with Gasteiger partial charge < -0.3 is 13.7 Å². The number of esters is 1. The Morgan fingerprint density at radius 2 is 1.62 bits per heavy atom. The molecule has 0 aliphatic heterocycles. The number of hydroxylamine groups is 1. The van der Waals surface area contributed by atoms with Gasteiger partial charge in [-0.05, 0) is 58.7 Å². The van der Waals surface area contributed by atoms with Crippen molar-refractivity contribution in [3.8, 4) is 0 Å². The molecule has 1 unspecified atom stereocenters. The van der Waals surface area contributed by atoms with E-state index in [4.69, 9.17) is 13.7 Å². The van der Waals surface area contributed by atoms with Gasteiger partial charge >= 0.3 is 5.97 Å². The molecule has 1 atom stereocenters. The first-order valence-electron chi connectivity index (χ1n) is 9.00. The lowest BCUT2D eigenvalue weighted by Gasteiger charge is -2.29. The third-order valence-corrected chi connectivity index (χ3v) is 4.89. The molecule has 0 aliphatic carbocycles. The fourth-order valence-electron chi connectivity index (χ4n) is 2.36. The van der Waals surface area contributed by atoms with Gasteiger partial charge in [-0.3, -0.25) is 0 Å². The first-order chi connectivity index (χ1) is 11.9. The maximum atomic E-state index is 12.8. The molecule has 1 aromatic carbocycles. The Morgan fingerprint density at radius 3 is 2.08 bits per heavy atom.